The van der Waals surface area contributed by atoms with Gasteiger partial charge in [0.1, 0.15) is 11.9 Å². The predicted molar refractivity (Wildman–Crippen MR) is 89.7 cm³/mol. The third-order valence-corrected chi connectivity index (χ3v) is 3.21. The quantitative estimate of drug-likeness (QED) is 0.726. The van der Waals surface area contributed by atoms with Gasteiger partial charge in [0.05, 0.1) is 0 Å². The molecule has 6 heteroatoms. The van der Waals surface area contributed by atoms with E-state index in [0.717, 1.165) is 5.75 Å². The second kappa shape index (κ2) is 10.0. The predicted octanol–water partition coefficient (Wildman–Crippen LogP) is 2.56. The molecule has 2 atom stereocenters. The fourth-order valence-corrected chi connectivity index (χ4v) is 1.92. The fourth-order valence-electron chi connectivity index (χ4n) is 1.92. The smallest absolute Gasteiger partial charge is 0.414 e. The molecule has 4 N–H and O–H groups in total. The lowest BCUT2D eigenvalue weighted by atomic mass is 9.97. The van der Waals surface area contributed by atoms with E-state index >= 15 is 0 Å². The van der Waals surface area contributed by atoms with Crippen LogP contribution in [-0.4, -0.2) is 28.7 Å². The molecule has 2 unspecified atom stereocenters. The Bertz CT molecular complexity index is 618. The number of benzene rings is 2. The van der Waals surface area contributed by atoms with Crippen molar-refractivity contribution in [1.82, 2.24) is 0 Å². The molecular weight excluding hydrogens is 310 g/mol. The van der Waals surface area contributed by atoms with E-state index in [4.69, 9.17) is 30.3 Å². The zero-order valence-electron chi connectivity index (χ0n) is 13.3. The summed E-state index contributed by atoms with van der Waals surface area (Å²) in [5.74, 6) is -2.50. The molecule has 0 bridgehead atoms. The molecule has 0 aliphatic rings. The molecule has 0 amide bonds. The minimum absolute atomic E-state index is 0.00130. The van der Waals surface area contributed by atoms with Gasteiger partial charge in [-0.2, -0.15) is 0 Å². The SMILES string of the molecule is CC(CN)C(Oc1ccccc1)c1ccccc1.O=C(O)C(=O)O. The van der Waals surface area contributed by atoms with Gasteiger partial charge in [-0.05, 0) is 24.2 Å². The van der Waals surface area contributed by atoms with Crippen LogP contribution < -0.4 is 10.5 Å². The van der Waals surface area contributed by atoms with Gasteiger partial charge in [0.15, 0.2) is 0 Å². The van der Waals surface area contributed by atoms with Crippen molar-refractivity contribution in [2.24, 2.45) is 11.7 Å². The third kappa shape index (κ3) is 6.50. The Morgan fingerprint density at radius 3 is 1.83 bits per heavy atom. The third-order valence-electron chi connectivity index (χ3n) is 3.21. The number of nitrogens with two attached hydrogens (primary N) is 1. The average Bonchev–Trinajstić information content (AvgIpc) is 2.61. The van der Waals surface area contributed by atoms with Crippen LogP contribution in [0.5, 0.6) is 5.75 Å². The number of rotatable bonds is 5. The van der Waals surface area contributed by atoms with Gasteiger partial charge in [0.25, 0.3) is 0 Å². The van der Waals surface area contributed by atoms with E-state index in [1.54, 1.807) is 0 Å². The van der Waals surface area contributed by atoms with E-state index in [0.29, 0.717) is 6.54 Å². The summed E-state index contributed by atoms with van der Waals surface area (Å²) in [4.78, 5) is 18.2. The van der Waals surface area contributed by atoms with E-state index in [2.05, 4.69) is 19.1 Å². The molecule has 0 radical (unpaired) electrons. The van der Waals surface area contributed by atoms with Gasteiger partial charge >= 0.3 is 11.9 Å². The summed E-state index contributed by atoms with van der Waals surface area (Å²) >= 11 is 0. The van der Waals surface area contributed by atoms with E-state index in [-0.39, 0.29) is 12.0 Å². The molecular formula is C18H21NO5. The maximum atomic E-state index is 9.10. The first-order valence-corrected chi connectivity index (χ1v) is 7.38. The highest BCUT2D eigenvalue weighted by Crippen LogP contribution is 2.27. The Balaban J connectivity index is 0.000000413. The minimum atomic E-state index is -1.82. The molecule has 2 rings (SSSR count). The van der Waals surface area contributed by atoms with E-state index in [1.165, 1.54) is 5.56 Å². The van der Waals surface area contributed by atoms with E-state index < -0.39 is 11.9 Å². The number of hydrogen-bond acceptors (Lipinski definition) is 4. The average molecular weight is 331 g/mol. The highest BCUT2D eigenvalue weighted by atomic mass is 16.5. The van der Waals surface area contributed by atoms with Crippen LogP contribution in [-0.2, 0) is 9.59 Å². The first-order valence-electron chi connectivity index (χ1n) is 7.38. The summed E-state index contributed by atoms with van der Waals surface area (Å²) in [7, 11) is 0. The van der Waals surface area contributed by atoms with Crippen LogP contribution in [0.1, 0.15) is 18.6 Å². The second-order valence-corrected chi connectivity index (χ2v) is 5.09. The molecule has 0 saturated heterocycles. The minimum Gasteiger partial charge on any atom is -0.485 e. The van der Waals surface area contributed by atoms with Gasteiger partial charge < -0.3 is 20.7 Å². The number of aliphatic carboxylic acids is 2. The maximum Gasteiger partial charge on any atom is 0.414 e. The first-order chi connectivity index (χ1) is 11.5. The molecule has 6 nitrogen and oxygen atoms in total. The normalized spacial score (nSPS) is 12.2. The number of carboxylic acid groups (broad SMARTS) is 2. The number of hydrogen-bond donors (Lipinski definition) is 3. The topological polar surface area (TPSA) is 110 Å². The molecule has 128 valence electrons. The summed E-state index contributed by atoms with van der Waals surface area (Å²) in [6, 6.07) is 20.1. The molecule has 0 aliphatic heterocycles. The maximum absolute atomic E-state index is 9.10. The van der Waals surface area contributed by atoms with Crippen LogP contribution in [0.15, 0.2) is 60.7 Å². The molecule has 0 fully saturated rings. The molecule has 0 heterocycles. The summed E-state index contributed by atoms with van der Waals surface area (Å²) in [5.41, 5.74) is 6.95. The van der Waals surface area contributed by atoms with Crippen molar-refractivity contribution in [3.8, 4) is 5.75 Å². The van der Waals surface area contributed by atoms with Crippen LogP contribution in [0.2, 0.25) is 0 Å². The number of para-hydroxylation sites is 1. The lowest BCUT2D eigenvalue weighted by Crippen LogP contribution is -2.23. The van der Waals surface area contributed by atoms with Gasteiger partial charge in [-0.3, -0.25) is 0 Å². The second-order valence-electron chi connectivity index (χ2n) is 5.09. The van der Waals surface area contributed by atoms with Crippen LogP contribution >= 0.6 is 0 Å². The van der Waals surface area contributed by atoms with Crippen LogP contribution in [0.25, 0.3) is 0 Å². The molecule has 0 saturated carbocycles. The number of ether oxygens (including phenoxy) is 1. The lowest BCUT2D eigenvalue weighted by molar-refractivity contribution is -0.159. The van der Waals surface area contributed by atoms with Crippen molar-refractivity contribution in [1.29, 1.82) is 0 Å². The van der Waals surface area contributed by atoms with Crippen molar-refractivity contribution in [3.05, 3.63) is 66.2 Å². The summed E-state index contributed by atoms with van der Waals surface area (Å²) in [6.07, 6.45) is -0.00130. The van der Waals surface area contributed by atoms with Gasteiger partial charge in [-0.15, -0.1) is 0 Å². The van der Waals surface area contributed by atoms with E-state index in [1.807, 2.05) is 48.5 Å². The monoisotopic (exact) mass is 331 g/mol. The zero-order valence-corrected chi connectivity index (χ0v) is 13.3. The summed E-state index contributed by atoms with van der Waals surface area (Å²) < 4.78 is 6.07. The number of carbonyl (C=O) groups is 2. The Kier molecular flexibility index (Phi) is 8.01. The Hall–Kier alpha value is -2.86. The Morgan fingerprint density at radius 1 is 0.958 bits per heavy atom. The highest BCUT2D eigenvalue weighted by molar-refractivity contribution is 6.27. The highest BCUT2D eigenvalue weighted by Gasteiger charge is 2.19. The lowest BCUT2D eigenvalue weighted by Gasteiger charge is -2.24. The van der Waals surface area contributed by atoms with E-state index in [9.17, 15) is 0 Å². The summed E-state index contributed by atoms with van der Waals surface area (Å²) in [5, 5.41) is 14.8. The summed E-state index contributed by atoms with van der Waals surface area (Å²) in [6.45, 7) is 2.72. The van der Waals surface area contributed by atoms with Crippen LogP contribution in [0.4, 0.5) is 0 Å². The standard InChI is InChI=1S/C16H19NO.C2H2O4/c1-13(12-17)16(14-8-4-2-5-9-14)18-15-10-6-3-7-11-15;3-1(4)2(5)6/h2-11,13,16H,12,17H2,1H3;(H,3,4)(H,5,6). The molecule has 2 aromatic carbocycles. The van der Waals surface area contributed by atoms with Crippen molar-refractivity contribution in [2.45, 2.75) is 13.0 Å². The Labute approximate surface area is 140 Å². The zero-order chi connectivity index (χ0) is 17.9. The largest absolute Gasteiger partial charge is 0.485 e. The molecule has 2 aromatic rings. The van der Waals surface area contributed by atoms with Crippen molar-refractivity contribution < 1.29 is 24.5 Å². The van der Waals surface area contributed by atoms with Gasteiger partial charge in [0.2, 0.25) is 0 Å². The van der Waals surface area contributed by atoms with Gasteiger partial charge in [-0.25, -0.2) is 9.59 Å². The van der Waals surface area contributed by atoms with Gasteiger partial charge in [0, 0.05) is 5.92 Å². The molecule has 0 spiro atoms. The van der Waals surface area contributed by atoms with Crippen molar-refractivity contribution in [2.75, 3.05) is 6.54 Å². The number of carboxylic acids is 2. The van der Waals surface area contributed by atoms with Crippen molar-refractivity contribution in [3.63, 3.8) is 0 Å². The Morgan fingerprint density at radius 2 is 1.42 bits per heavy atom. The van der Waals surface area contributed by atoms with Crippen LogP contribution in [0, 0.1) is 5.92 Å². The fraction of sp³-hybridized carbons (Fsp3) is 0.222. The first kappa shape index (κ1) is 19.2. The molecule has 0 aromatic heterocycles. The van der Waals surface area contributed by atoms with Gasteiger partial charge in [-0.1, -0.05) is 55.5 Å². The molecule has 0 aliphatic carbocycles. The van der Waals surface area contributed by atoms with Crippen LogP contribution in [0.3, 0.4) is 0 Å². The van der Waals surface area contributed by atoms with Crippen molar-refractivity contribution >= 4 is 11.9 Å². The molecule has 24 heavy (non-hydrogen) atoms.